The molecule has 0 radical (unpaired) electrons. The first-order valence-corrected chi connectivity index (χ1v) is 11.9. The Morgan fingerprint density at radius 2 is 1.52 bits per heavy atom. The number of aryl methyl sites for hydroxylation is 1. The van der Waals surface area contributed by atoms with Gasteiger partial charge in [-0.3, -0.25) is 4.79 Å². The van der Waals surface area contributed by atoms with Gasteiger partial charge >= 0.3 is 6.18 Å². The highest BCUT2D eigenvalue weighted by molar-refractivity contribution is 7.91. The highest BCUT2D eigenvalue weighted by Crippen LogP contribution is 2.18. The first kappa shape index (κ1) is 26.7. The number of unbranched alkanes of at least 4 members (excludes halogenated alkanes) is 4. The fourth-order valence-corrected chi connectivity index (χ4v) is 4.16. The lowest BCUT2D eigenvalue weighted by atomic mass is 10.1. The quantitative estimate of drug-likeness (QED) is 0.419. The number of nitrogens with one attached hydrogen (secondary N) is 1. The summed E-state index contributed by atoms with van der Waals surface area (Å²) in [4.78, 5) is 12.6. The lowest BCUT2D eigenvalue weighted by molar-refractivity contribution is -0.110. The lowest BCUT2D eigenvalue weighted by Crippen LogP contribution is -2.13. The fraction of sp³-hybridized carbons (Fsp3) is 0.435. The van der Waals surface area contributed by atoms with Crippen molar-refractivity contribution in [3.05, 3.63) is 59.7 Å². The molecule has 0 unspecified atom stereocenters. The van der Waals surface area contributed by atoms with Crippen molar-refractivity contribution in [2.45, 2.75) is 63.9 Å². The molecular weight excluding hydrogens is 427 g/mol. The Morgan fingerprint density at radius 3 is 2.06 bits per heavy atom. The van der Waals surface area contributed by atoms with E-state index in [1.54, 1.807) is 30.3 Å². The van der Waals surface area contributed by atoms with Gasteiger partial charge in [-0.2, -0.15) is 13.2 Å². The average molecular weight is 460 g/mol. The maximum atomic E-state index is 12.4. The molecule has 2 aromatic rings. The van der Waals surface area contributed by atoms with E-state index in [4.69, 9.17) is 0 Å². The Balaban J connectivity index is 0.00000144. The zero-order valence-electron chi connectivity index (χ0n) is 18.1. The molecule has 0 aliphatic rings. The van der Waals surface area contributed by atoms with Crippen molar-refractivity contribution in [2.24, 2.45) is 0 Å². The van der Waals surface area contributed by atoms with Crippen LogP contribution in [-0.4, -0.2) is 26.3 Å². The summed E-state index contributed by atoms with van der Waals surface area (Å²) in [7, 11) is -3.26. The van der Waals surface area contributed by atoms with Gasteiger partial charge < -0.3 is 5.32 Å². The molecule has 1 N–H and O–H groups in total. The van der Waals surface area contributed by atoms with Gasteiger partial charge in [0.05, 0.1) is 10.6 Å². The fourth-order valence-electron chi connectivity index (χ4n) is 2.79. The smallest absolute Gasteiger partial charge is 0.322 e. The molecule has 8 heteroatoms. The molecular formula is C23H32F3NO3S. The van der Waals surface area contributed by atoms with Crippen LogP contribution in [-0.2, 0) is 9.84 Å². The first-order valence-electron chi connectivity index (χ1n) is 10.2. The summed E-state index contributed by atoms with van der Waals surface area (Å²) >= 11 is 0. The highest BCUT2D eigenvalue weighted by atomic mass is 32.2. The van der Waals surface area contributed by atoms with Gasteiger partial charge in [-0.05, 0) is 49.2 Å². The first-order chi connectivity index (χ1) is 14.4. The van der Waals surface area contributed by atoms with Crippen molar-refractivity contribution in [1.29, 1.82) is 0 Å². The largest absolute Gasteiger partial charge is 0.386 e. The summed E-state index contributed by atoms with van der Waals surface area (Å²) in [5.74, 6) is -0.0272. The van der Waals surface area contributed by atoms with E-state index in [2.05, 4.69) is 12.2 Å². The number of halogens is 3. The van der Waals surface area contributed by atoms with E-state index >= 15 is 0 Å². The number of benzene rings is 2. The van der Waals surface area contributed by atoms with Crippen LogP contribution in [0.15, 0.2) is 53.4 Å². The second-order valence-electron chi connectivity index (χ2n) is 7.31. The van der Waals surface area contributed by atoms with Crippen molar-refractivity contribution in [3.63, 3.8) is 0 Å². The van der Waals surface area contributed by atoms with Crippen molar-refractivity contribution in [2.75, 3.05) is 11.1 Å². The lowest BCUT2D eigenvalue weighted by Gasteiger charge is -2.09. The van der Waals surface area contributed by atoms with Gasteiger partial charge in [-0.1, -0.05) is 50.8 Å². The van der Waals surface area contributed by atoms with E-state index < -0.39 is 16.0 Å². The van der Waals surface area contributed by atoms with Gasteiger partial charge in [-0.25, -0.2) is 8.42 Å². The normalized spacial score (nSPS) is 11.4. The minimum Gasteiger partial charge on any atom is -0.322 e. The number of amides is 1. The Labute approximate surface area is 184 Å². The van der Waals surface area contributed by atoms with Gasteiger partial charge in [0, 0.05) is 19.6 Å². The summed E-state index contributed by atoms with van der Waals surface area (Å²) in [6, 6.07) is 13.8. The molecule has 0 heterocycles. The van der Waals surface area contributed by atoms with Crippen molar-refractivity contribution < 1.29 is 27.8 Å². The number of hydrogen-bond donors (Lipinski definition) is 1. The number of hydrogen-bond acceptors (Lipinski definition) is 3. The predicted octanol–water partition coefficient (Wildman–Crippen LogP) is 6.81. The number of sulfone groups is 1. The van der Waals surface area contributed by atoms with Crippen LogP contribution in [0.3, 0.4) is 0 Å². The second-order valence-corrected chi connectivity index (χ2v) is 9.42. The summed E-state index contributed by atoms with van der Waals surface area (Å²) in [5, 5.41) is 2.81. The third kappa shape index (κ3) is 11.0. The molecule has 0 saturated carbocycles. The summed E-state index contributed by atoms with van der Waals surface area (Å²) in [6.07, 6.45) is 0.999. The minimum absolute atomic E-state index is 0. The average Bonchev–Trinajstić information content (AvgIpc) is 2.67. The summed E-state index contributed by atoms with van der Waals surface area (Å²) in [6.45, 7) is 4.20. The van der Waals surface area contributed by atoms with E-state index in [1.807, 2.05) is 25.1 Å². The molecule has 0 saturated heterocycles. The number of carbonyl (C=O) groups is 1. The van der Waals surface area contributed by atoms with Crippen LogP contribution in [0.25, 0.3) is 0 Å². The summed E-state index contributed by atoms with van der Waals surface area (Å²) in [5.41, 5.74) is 2.09. The molecule has 4 nitrogen and oxygen atoms in total. The maximum Gasteiger partial charge on any atom is 0.386 e. The van der Waals surface area contributed by atoms with E-state index in [0.717, 1.165) is 31.2 Å². The Morgan fingerprint density at radius 1 is 0.968 bits per heavy atom. The molecule has 0 atom stereocenters. The molecule has 2 aromatic carbocycles. The van der Waals surface area contributed by atoms with Crippen LogP contribution in [0, 0.1) is 6.92 Å². The molecule has 0 aromatic heterocycles. The third-order valence-electron chi connectivity index (χ3n) is 4.38. The second kappa shape index (κ2) is 12.5. The zero-order chi connectivity index (χ0) is 23.5. The van der Waals surface area contributed by atoms with Crippen LogP contribution in [0.1, 0.15) is 63.3 Å². The minimum atomic E-state index is -4.00. The molecule has 0 bridgehead atoms. The predicted molar refractivity (Wildman–Crippen MR) is 120 cm³/mol. The molecule has 0 aliphatic heterocycles. The van der Waals surface area contributed by atoms with Crippen LogP contribution >= 0.6 is 0 Å². The van der Waals surface area contributed by atoms with E-state index in [-0.39, 0.29) is 20.0 Å². The van der Waals surface area contributed by atoms with Crippen LogP contribution in [0.2, 0.25) is 0 Å². The third-order valence-corrected chi connectivity index (χ3v) is 6.19. The highest BCUT2D eigenvalue weighted by Gasteiger charge is 2.16. The molecule has 1 amide bonds. The molecule has 0 fully saturated rings. The van der Waals surface area contributed by atoms with Crippen molar-refractivity contribution >= 4 is 21.4 Å². The van der Waals surface area contributed by atoms with Crippen molar-refractivity contribution in [1.82, 2.24) is 0 Å². The summed E-state index contributed by atoms with van der Waals surface area (Å²) < 4.78 is 55.8. The zero-order valence-corrected chi connectivity index (χ0v) is 18.9. The number of alkyl halides is 3. The van der Waals surface area contributed by atoms with Crippen LogP contribution in [0.4, 0.5) is 18.9 Å². The van der Waals surface area contributed by atoms with Crippen LogP contribution in [0.5, 0.6) is 0 Å². The Kier molecular flexibility index (Phi) is 10.8. The Bertz CT molecular complexity index is 924. The van der Waals surface area contributed by atoms with Crippen LogP contribution < -0.4 is 5.32 Å². The number of carbonyl (C=O) groups excluding carboxylic acids is 1. The van der Waals surface area contributed by atoms with E-state index in [0.29, 0.717) is 22.6 Å². The SMILES string of the molecule is CC(F)(F)F.CCCCCCCS(=O)(=O)c1ccc(NC(=O)c2ccccc2C)cc1.[HH]. The van der Waals surface area contributed by atoms with E-state index in [9.17, 15) is 26.4 Å². The molecule has 174 valence electrons. The maximum absolute atomic E-state index is 12.4. The van der Waals surface area contributed by atoms with Gasteiger partial charge in [0.25, 0.3) is 5.91 Å². The molecule has 2 rings (SSSR count). The molecule has 0 spiro atoms. The monoisotopic (exact) mass is 459 g/mol. The Hall–Kier alpha value is -2.35. The van der Waals surface area contributed by atoms with Gasteiger partial charge in [0.2, 0.25) is 0 Å². The topological polar surface area (TPSA) is 63.2 Å². The standard InChI is InChI=1S/C21H27NO3S.C2H3F3.H2/c1-3-4-5-6-9-16-26(24,25)19-14-12-18(13-15-19)22-21(23)20-11-8-7-10-17(20)2;1-2(3,4)5;/h7-8,10-15H,3-6,9,16H2,1-2H3,(H,22,23);1H3;1H. The van der Waals surface area contributed by atoms with Crippen molar-refractivity contribution in [3.8, 4) is 0 Å². The number of rotatable bonds is 9. The van der Waals surface area contributed by atoms with Gasteiger partial charge in [-0.15, -0.1) is 0 Å². The number of anilines is 1. The van der Waals surface area contributed by atoms with Gasteiger partial charge in [0.15, 0.2) is 9.84 Å². The van der Waals surface area contributed by atoms with E-state index in [1.165, 1.54) is 0 Å². The van der Waals surface area contributed by atoms with Gasteiger partial charge in [0.1, 0.15) is 0 Å². The molecule has 0 aliphatic carbocycles. The molecule has 31 heavy (non-hydrogen) atoms.